The minimum Gasteiger partial charge on any atom is -0.300 e. The first-order valence-corrected chi connectivity index (χ1v) is 5.27. The lowest BCUT2D eigenvalue weighted by molar-refractivity contribution is -0.117. The van der Waals surface area contributed by atoms with Crippen LogP contribution >= 0.6 is 0 Å². The lowest BCUT2D eigenvalue weighted by atomic mass is 9.79. The summed E-state index contributed by atoms with van der Waals surface area (Å²) in [5.41, 5.74) is 2.99. The van der Waals surface area contributed by atoms with Gasteiger partial charge in [0.15, 0.2) is 0 Å². The second kappa shape index (κ2) is 4.59. The predicted molar refractivity (Wildman–Crippen MR) is 55.6 cm³/mol. The Kier molecular flexibility index (Phi) is 3.71. The van der Waals surface area contributed by atoms with E-state index in [1.807, 2.05) is 0 Å². The molecule has 0 aliphatic heterocycles. The number of ketones is 1. The van der Waals surface area contributed by atoms with Crippen LogP contribution < -0.4 is 0 Å². The van der Waals surface area contributed by atoms with E-state index in [1.165, 1.54) is 31.3 Å². The first kappa shape index (κ1) is 10.5. The Hall–Kier alpha value is -0.590. The van der Waals surface area contributed by atoms with Gasteiger partial charge in [0, 0.05) is 6.42 Å². The summed E-state index contributed by atoms with van der Waals surface area (Å²) in [5, 5.41) is 0. The molecule has 74 valence electrons. The van der Waals surface area contributed by atoms with Gasteiger partial charge < -0.3 is 4.79 Å². The van der Waals surface area contributed by atoms with Crippen molar-refractivity contribution >= 4 is 5.78 Å². The van der Waals surface area contributed by atoms with Crippen molar-refractivity contribution in [2.75, 3.05) is 0 Å². The summed E-state index contributed by atoms with van der Waals surface area (Å²) in [6, 6.07) is 0. The van der Waals surface area contributed by atoms with Crippen LogP contribution in [0.2, 0.25) is 0 Å². The molecule has 1 unspecified atom stereocenters. The van der Waals surface area contributed by atoms with Crippen molar-refractivity contribution in [2.45, 2.75) is 52.9 Å². The van der Waals surface area contributed by atoms with Crippen molar-refractivity contribution in [3.8, 4) is 0 Å². The van der Waals surface area contributed by atoms with Gasteiger partial charge in [-0.05, 0) is 46.0 Å². The topological polar surface area (TPSA) is 17.1 Å². The molecule has 1 aliphatic carbocycles. The highest BCUT2D eigenvalue weighted by Crippen LogP contribution is 2.33. The first-order valence-electron chi connectivity index (χ1n) is 5.27. The largest absolute Gasteiger partial charge is 0.300 e. The summed E-state index contributed by atoms with van der Waals surface area (Å²) < 4.78 is 0. The Balaban J connectivity index is 2.68. The Labute approximate surface area is 81.2 Å². The van der Waals surface area contributed by atoms with Crippen LogP contribution in [-0.2, 0) is 4.79 Å². The lowest BCUT2D eigenvalue weighted by Crippen LogP contribution is -2.14. The maximum absolute atomic E-state index is 11.1. The number of allylic oxidation sites excluding steroid dienone is 2. The van der Waals surface area contributed by atoms with E-state index in [9.17, 15) is 4.79 Å². The third kappa shape index (κ3) is 2.98. The molecule has 1 saturated carbocycles. The third-order valence-electron chi connectivity index (χ3n) is 2.92. The van der Waals surface area contributed by atoms with Gasteiger partial charge in [-0.2, -0.15) is 0 Å². The van der Waals surface area contributed by atoms with Crippen LogP contribution in [0.4, 0.5) is 0 Å². The highest BCUT2D eigenvalue weighted by molar-refractivity contribution is 5.76. The number of carbonyl (C=O) groups is 1. The lowest BCUT2D eigenvalue weighted by Gasteiger charge is -2.26. The smallest absolute Gasteiger partial charge is 0.130 e. The maximum Gasteiger partial charge on any atom is 0.130 e. The zero-order chi connectivity index (χ0) is 9.84. The molecule has 13 heavy (non-hydrogen) atoms. The maximum atomic E-state index is 11.1. The Morgan fingerprint density at radius 2 is 2.00 bits per heavy atom. The minimum absolute atomic E-state index is 0.339. The zero-order valence-corrected chi connectivity index (χ0v) is 9.02. The van der Waals surface area contributed by atoms with Crippen molar-refractivity contribution in [2.24, 2.45) is 5.92 Å². The van der Waals surface area contributed by atoms with E-state index in [2.05, 4.69) is 13.8 Å². The van der Waals surface area contributed by atoms with Crippen molar-refractivity contribution in [3.63, 3.8) is 0 Å². The molecule has 0 bridgehead atoms. The SMILES string of the molecule is CC(=O)CC1CCCCC1=C(C)C. The summed E-state index contributed by atoms with van der Waals surface area (Å²) in [6.45, 7) is 6.05. The number of carbonyl (C=O) groups excluding carboxylic acids is 1. The molecular weight excluding hydrogens is 160 g/mol. The van der Waals surface area contributed by atoms with Gasteiger partial charge in [0.05, 0.1) is 0 Å². The summed E-state index contributed by atoms with van der Waals surface area (Å²) in [5.74, 6) is 0.905. The first-order chi connectivity index (χ1) is 6.11. The van der Waals surface area contributed by atoms with Crippen LogP contribution in [0.3, 0.4) is 0 Å². The minimum atomic E-state index is 0.339. The average Bonchev–Trinajstić information content (AvgIpc) is 2.03. The summed E-state index contributed by atoms with van der Waals surface area (Å²) in [7, 11) is 0. The molecule has 0 N–H and O–H groups in total. The molecule has 0 aromatic rings. The van der Waals surface area contributed by atoms with Gasteiger partial charge in [-0.25, -0.2) is 0 Å². The number of Topliss-reactive ketones (excluding diaryl/α,β-unsaturated/α-hetero) is 1. The van der Waals surface area contributed by atoms with Crippen molar-refractivity contribution < 1.29 is 4.79 Å². The average molecular weight is 180 g/mol. The van der Waals surface area contributed by atoms with Crippen LogP contribution in [0.1, 0.15) is 52.9 Å². The Bertz CT molecular complexity index is 221. The number of hydrogen-bond acceptors (Lipinski definition) is 1. The van der Waals surface area contributed by atoms with Gasteiger partial charge in [-0.15, -0.1) is 0 Å². The summed E-state index contributed by atoms with van der Waals surface area (Å²) in [6.07, 6.45) is 5.82. The molecule has 0 aromatic heterocycles. The van der Waals surface area contributed by atoms with E-state index in [0.717, 1.165) is 6.42 Å². The van der Waals surface area contributed by atoms with Gasteiger partial charge in [-0.3, -0.25) is 0 Å². The summed E-state index contributed by atoms with van der Waals surface area (Å²) >= 11 is 0. The molecule has 1 heteroatoms. The normalized spacial score (nSPS) is 23.0. The summed E-state index contributed by atoms with van der Waals surface area (Å²) in [4.78, 5) is 11.1. The quantitative estimate of drug-likeness (QED) is 0.594. The van der Waals surface area contributed by atoms with E-state index in [0.29, 0.717) is 11.7 Å². The molecule has 1 aliphatic rings. The molecule has 0 radical (unpaired) electrons. The van der Waals surface area contributed by atoms with Crippen LogP contribution in [-0.4, -0.2) is 5.78 Å². The van der Waals surface area contributed by atoms with Gasteiger partial charge in [0.25, 0.3) is 0 Å². The Morgan fingerprint density at radius 1 is 1.31 bits per heavy atom. The van der Waals surface area contributed by atoms with Crippen molar-refractivity contribution in [3.05, 3.63) is 11.1 Å². The fourth-order valence-corrected chi connectivity index (χ4v) is 2.32. The molecule has 0 aromatic carbocycles. The van der Waals surface area contributed by atoms with E-state index in [4.69, 9.17) is 0 Å². The molecule has 1 nitrogen and oxygen atoms in total. The fraction of sp³-hybridized carbons (Fsp3) is 0.750. The highest BCUT2D eigenvalue weighted by Gasteiger charge is 2.20. The number of hydrogen-bond donors (Lipinski definition) is 0. The molecule has 0 amide bonds. The number of rotatable bonds is 2. The molecule has 1 fully saturated rings. The second-order valence-corrected chi connectivity index (χ2v) is 4.37. The Morgan fingerprint density at radius 3 is 2.54 bits per heavy atom. The van der Waals surface area contributed by atoms with Crippen LogP contribution in [0.25, 0.3) is 0 Å². The molecule has 1 atom stereocenters. The van der Waals surface area contributed by atoms with Crippen molar-refractivity contribution in [1.29, 1.82) is 0 Å². The van der Waals surface area contributed by atoms with Crippen molar-refractivity contribution in [1.82, 2.24) is 0 Å². The van der Waals surface area contributed by atoms with Gasteiger partial charge >= 0.3 is 0 Å². The van der Waals surface area contributed by atoms with E-state index >= 15 is 0 Å². The molecule has 0 spiro atoms. The van der Waals surface area contributed by atoms with Gasteiger partial charge in [0.2, 0.25) is 0 Å². The van der Waals surface area contributed by atoms with Crippen LogP contribution in [0.15, 0.2) is 11.1 Å². The van der Waals surface area contributed by atoms with Crippen LogP contribution in [0, 0.1) is 5.92 Å². The molecule has 0 saturated heterocycles. The third-order valence-corrected chi connectivity index (χ3v) is 2.92. The molecule has 1 rings (SSSR count). The fourth-order valence-electron chi connectivity index (χ4n) is 2.32. The highest BCUT2D eigenvalue weighted by atomic mass is 16.1. The zero-order valence-electron chi connectivity index (χ0n) is 9.02. The van der Waals surface area contributed by atoms with E-state index in [1.54, 1.807) is 12.5 Å². The second-order valence-electron chi connectivity index (χ2n) is 4.37. The standard InChI is InChI=1S/C12H20O/c1-9(2)12-7-5-4-6-11(12)8-10(3)13/h11H,4-8H2,1-3H3. The van der Waals surface area contributed by atoms with Gasteiger partial charge in [-0.1, -0.05) is 17.6 Å². The van der Waals surface area contributed by atoms with Gasteiger partial charge in [0.1, 0.15) is 5.78 Å². The van der Waals surface area contributed by atoms with E-state index in [-0.39, 0.29) is 0 Å². The predicted octanol–water partition coefficient (Wildman–Crippen LogP) is 3.49. The van der Waals surface area contributed by atoms with Crippen LogP contribution in [0.5, 0.6) is 0 Å². The molecule has 0 heterocycles. The van der Waals surface area contributed by atoms with E-state index < -0.39 is 0 Å². The molecular formula is C12H20O. The monoisotopic (exact) mass is 180 g/mol.